The first-order valence-corrected chi connectivity index (χ1v) is 11.2. The lowest BCUT2D eigenvalue weighted by Crippen LogP contribution is -2.41. The minimum atomic E-state index is -0.454. The summed E-state index contributed by atoms with van der Waals surface area (Å²) >= 11 is 0. The second kappa shape index (κ2) is 9.86. The van der Waals surface area contributed by atoms with Gasteiger partial charge in [0.25, 0.3) is 11.6 Å². The molecule has 9 nitrogen and oxygen atoms in total. The summed E-state index contributed by atoms with van der Waals surface area (Å²) < 4.78 is 6.74. The molecule has 0 unspecified atom stereocenters. The number of hydrogen-bond acceptors (Lipinski definition) is 6. The molecule has 1 saturated heterocycles. The maximum absolute atomic E-state index is 13.5. The van der Waals surface area contributed by atoms with Crippen LogP contribution in [-0.2, 0) is 9.53 Å². The fraction of sp³-hybridized carbons (Fsp3) is 0.320. The van der Waals surface area contributed by atoms with Crippen molar-refractivity contribution in [3.05, 3.63) is 76.0 Å². The first kappa shape index (κ1) is 23.2. The molecule has 2 heterocycles. The molecule has 4 rings (SSSR count). The Balaban J connectivity index is 1.65. The fourth-order valence-electron chi connectivity index (χ4n) is 4.13. The van der Waals surface area contributed by atoms with Crippen molar-refractivity contribution in [1.29, 1.82) is 0 Å². The van der Waals surface area contributed by atoms with Crippen LogP contribution in [0.15, 0.2) is 54.6 Å². The van der Waals surface area contributed by atoms with E-state index in [0.29, 0.717) is 49.5 Å². The lowest BCUT2D eigenvalue weighted by atomic mass is 9.97. The minimum Gasteiger partial charge on any atom is -0.466 e. The molecule has 1 fully saturated rings. The fourth-order valence-corrected chi connectivity index (χ4v) is 4.13. The van der Waals surface area contributed by atoms with E-state index in [9.17, 15) is 19.7 Å². The van der Waals surface area contributed by atoms with E-state index in [1.165, 1.54) is 12.1 Å². The van der Waals surface area contributed by atoms with Crippen molar-refractivity contribution >= 4 is 17.6 Å². The first-order valence-electron chi connectivity index (χ1n) is 11.2. The Hall–Kier alpha value is -4.01. The molecule has 0 atom stereocenters. The van der Waals surface area contributed by atoms with E-state index in [2.05, 4.69) is 5.10 Å². The van der Waals surface area contributed by atoms with Crippen LogP contribution in [0.5, 0.6) is 0 Å². The Morgan fingerprint density at radius 3 is 2.44 bits per heavy atom. The van der Waals surface area contributed by atoms with Crippen LogP contribution in [0.25, 0.3) is 16.9 Å². The highest BCUT2D eigenvalue weighted by atomic mass is 16.6. The number of piperidine rings is 1. The molecule has 9 heteroatoms. The number of aromatic nitrogens is 2. The molecule has 0 bridgehead atoms. The summed E-state index contributed by atoms with van der Waals surface area (Å²) in [7, 11) is 0. The summed E-state index contributed by atoms with van der Waals surface area (Å²) in [5.41, 5.74) is 3.38. The lowest BCUT2D eigenvalue weighted by Gasteiger charge is -2.30. The number of esters is 1. The number of nitro benzene ring substituents is 1. The SMILES string of the molecule is CCOC(=O)C1CCN(C(=O)c2cc(-c3ccc([N+](=O)[O-])cc3)nn2-c2cccc(C)c2)CC1. The highest BCUT2D eigenvalue weighted by Gasteiger charge is 2.30. The second-order valence-corrected chi connectivity index (χ2v) is 8.29. The molecule has 1 aliphatic rings. The Kier molecular flexibility index (Phi) is 6.72. The maximum Gasteiger partial charge on any atom is 0.309 e. The number of benzene rings is 2. The van der Waals surface area contributed by atoms with Gasteiger partial charge in [-0.15, -0.1) is 0 Å². The first-order chi connectivity index (χ1) is 16.4. The van der Waals surface area contributed by atoms with Gasteiger partial charge >= 0.3 is 5.97 Å². The van der Waals surface area contributed by atoms with E-state index < -0.39 is 4.92 Å². The molecule has 2 aromatic carbocycles. The Bertz CT molecular complexity index is 1210. The van der Waals surface area contributed by atoms with Crippen LogP contribution in [0.2, 0.25) is 0 Å². The standard InChI is InChI=1S/C25H26N4O5/c1-3-34-25(31)19-11-13-27(14-12-19)24(30)23-16-22(18-7-9-20(10-8-18)29(32)33)26-28(23)21-6-4-5-17(2)15-21/h4-10,15-16,19H,3,11-14H2,1-2H3. The molecule has 1 amide bonds. The van der Waals surface area contributed by atoms with E-state index in [1.54, 1.807) is 34.7 Å². The molecule has 0 radical (unpaired) electrons. The van der Waals surface area contributed by atoms with E-state index in [4.69, 9.17) is 4.74 Å². The van der Waals surface area contributed by atoms with Crippen LogP contribution in [0.3, 0.4) is 0 Å². The lowest BCUT2D eigenvalue weighted by molar-refractivity contribution is -0.384. The van der Waals surface area contributed by atoms with Gasteiger partial charge in [0.2, 0.25) is 0 Å². The van der Waals surface area contributed by atoms with Crippen molar-refractivity contribution in [2.24, 2.45) is 5.92 Å². The molecule has 34 heavy (non-hydrogen) atoms. The number of non-ortho nitro benzene ring substituents is 1. The zero-order valence-electron chi connectivity index (χ0n) is 19.1. The van der Waals surface area contributed by atoms with Crippen LogP contribution in [0.1, 0.15) is 35.8 Å². The van der Waals surface area contributed by atoms with Crippen molar-refractivity contribution in [3.8, 4) is 16.9 Å². The monoisotopic (exact) mass is 462 g/mol. The van der Waals surface area contributed by atoms with Gasteiger partial charge in [0.15, 0.2) is 0 Å². The number of aryl methyl sites for hydroxylation is 1. The molecular formula is C25H26N4O5. The molecule has 3 aromatic rings. The van der Waals surface area contributed by atoms with Crippen molar-refractivity contribution in [3.63, 3.8) is 0 Å². The van der Waals surface area contributed by atoms with Crippen molar-refractivity contribution < 1.29 is 19.2 Å². The molecule has 0 saturated carbocycles. The average molecular weight is 463 g/mol. The van der Waals surface area contributed by atoms with Gasteiger partial charge in [-0.2, -0.15) is 5.10 Å². The third-order valence-corrected chi connectivity index (χ3v) is 5.95. The Morgan fingerprint density at radius 2 is 1.82 bits per heavy atom. The highest BCUT2D eigenvalue weighted by Crippen LogP contribution is 2.27. The minimum absolute atomic E-state index is 0.0114. The van der Waals surface area contributed by atoms with Gasteiger partial charge in [-0.25, -0.2) is 4.68 Å². The van der Waals surface area contributed by atoms with Gasteiger partial charge in [-0.3, -0.25) is 19.7 Å². The molecule has 0 N–H and O–H groups in total. The second-order valence-electron chi connectivity index (χ2n) is 8.29. The van der Waals surface area contributed by atoms with Crippen molar-refractivity contribution in [1.82, 2.24) is 14.7 Å². The summed E-state index contributed by atoms with van der Waals surface area (Å²) in [6, 6.07) is 15.5. The van der Waals surface area contributed by atoms with E-state index >= 15 is 0 Å². The van der Waals surface area contributed by atoms with Crippen molar-refractivity contribution in [2.75, 3.05) is 19.7 Å². The number of amides is 1. The quantitative estimate of drug-likeness (QED) is 0.309. The summed E-state index contributed by atoms with van der Waals surface area (Å²) in [4.78, 5) is 37.9. The molecular weight excluding hydrogens is 436 g/mol. The molecule has 176 valence electrons. The number of carbonyl (C=O) groups is 2. The third kappa shape index (κ3) is 4.83. The number of nitro groups is 1. The number of nitrogens with zero attached hydrogens (tertiary/aromatic N) is 4. The molecule has 0 aliphatic carbocycles. The topological polar surface area (TPSA) is 108 Å². The number of carbonyl (C=O) groups excluding carboxylic acids is 2. The summed E-state index contributed by atoms with van der Waals surface area (Å²) in [5.74, 6) is -0.578. The van der Waals surface area contributed by atoms with Gasteiger partial charge in [0.05, 0.1) is 28.8 Å². The van der Waals surface area contributed by atoms with Crippen LogP contribution in [0.4, 0.5) is 5.69 Å². The van der Waals surface area contributed by atoms with Gasteiger partial charge in [-0.05, 0) is 62.6 Å². The Labute approximate surface area is 197 Å². The van der Waals surface area contributed by atoms with Crippen LogP contribution in [-0.4, -0.2) is 51.2 Å². The number of likely N-dealkylation sites (tertiary alicyclic amines) is 1. The van der Waals surface area contributed by atoms with Gasteiger partial charge in [0, 0.05) is 30.8 Å². The summed E-state index contributed by atoms with van der Waals surface area (Å²) in [6.45, 7) is 5.00. The maximum atomic E-state index is 13.5. The smallest absolute Gasteiger partial charge is 0.309 e. The third-order valence-electron chi connectivity index (χ3n) is 5.95. The predicted octanol–water partition coefficient (Wildman–Crippen LogP) is 4.17. The van der Waals surface area contributed by atoms with E-state index in [0.717, 1.165) is 11.3 Å². The van der Waals surface area contributed by atoms with Gasteiger partial charge in [0.1, 0.15) is 5.69 Å². The molecule has 1 aliphatic heterocycles. The van der Waals surface area contributed by atoms with Crippen molar-refractivity contribution in [2.45, 2.75) is 26.7 Å². The Morgan fingerprint density at radius 1 is 1.12 bits per heavy atom. The van der Waals surface area contributed by atoms with Crippen LogP contribution >= 0.6 is 0 Å². The average Bonchev–Trinajstić information content (AvgIpc) is 3.29. The molecule has 1 aromatic heterocycles. The largest absolute Gasteiger partial charge is 0.466 e. The van der Waals surface area contributed by atoms with Crippen LogP contribution in [0, 0.1) is 23.0 Å². The van der Waals surface area contributed by atoms with E-state index in [1.807, 2.05) is 31.2 Å². The number of ether oxygens (including phenoxy) is 1. The zero-order valence-corrected chi connectivity index (χ0v) is 19.1. The number of rotatable bonds is 6. The predicted molar refractivity (Wildman–Crippen MR) is 126 cm³/mol. The number of hydrogen-bond donors (Lipinski definition) is 0. The summed E-state index contributed by atoms with van der Waals surface area (Å²) in [6.07, 6.45) is 1.11. The molecule has 0 spiro atoms. The normalized spacial score (nSPS) is 14.1. The highest BCUT2D eigenvalue weighted by molar-refractivity contribution is 5.94. The van der Waals surface area contributed by atoms with Gasteiger partial charge in [-0.1, -0.05) is 12.1 Å². The van der Waals surface area contributed by atoms with E-state index in [-0.39, 0.29) is 23.5 Å². The zero-order chi connectivity index (χ0) is 24.2. The summed E-state index contributed by atoms with van der Waals surface area (Å²) in [5, 5.41) is 15.7. The van der Waals surface area contributed by atoms with Gasteiger partial charge < -0.3 is 9.64 Å². The van der Waals surface area contributed by atoms with Crippen LogP contribution < -0.4 is 0 Å².